The third kappa shape index (κ3) is 20.1. The number of carbonyl (C=O) groups excluding carboxylic acids is 7. The van der Waals surface area contributed by atoms with Gasteiger partial charge in [0.2, 0.25) is 17.7 Å². The summed E-state index contributed by atoms with van der Waals surface area (Å²) in [5, 5.41) is 99.9. The van der Waals surface area contributed by atoms with Crippen LogP contribution in [0, 0.1) is 0 Å². The summed E-state index contributed by atoms with van der Waals surface area (Å²) in [6.07, 6.45) is -16.0. The minimum absolute atomic E-state index is 0.00172. The van der Waals surface area contributed by atoms with E-state index in [0.717, 1.165) is 0 Å². The highest BCUT2D eigenvalue weighted by atomic mass is 16.7. The van der Waals surface area contributed by atoms with Gasteiger partial charge < -0.3 is 95.2 Å². The molecular weight excluding hydrogens is 1000 g/mol. The van der Waals surface area contributed by atoms with Crippen LogP contribution in [-0.2, 0) is 66.8 Å². The topological polar surface area (TPSA) is 409 Å². The van der Waals surface area contributed by atoms with Gasteiger partial charge in [0.1, 0.15) is 60.7 Å². The lowest BCUT2D eigenvalue weighted by molar-refractivity contribution is -0.292. The van der Waals surface area contributed by atoms with Crippen LogP contribution in [0.1, 0.15) is 104 Å². The van der Waals surface area contributed by atoms with Gasteiger partial charge in [-0.15, -0.1) is 5.06 Å². The molecule has 75 heavy (non-hydrogen) atoms. The highest BCUT2D eigenvalue weighted by molar-refractivity contribution is 6.01. The molecule has 0 aromatic carbocycles. The molecule has 0 aromatic rings. The van der Waals surface area contributed by atoms with Crippen molar-refractivity contribution in [2.75, 3.05) is 52.5 Å². The van der Waals surface area contributed by atoms with Crippen molar-refractivity contribution in [3.8, 4) is 0 Å². The number of amides is 5. The van der Waals surface area contributed by atoms with Crippen molar-refractivity contribution < 1.29 is 113 Å². The van der Waals surface area contributed by atoms with Crippen LogP contribution in [0.4, 0.5) is 0 Å². The molecule has 4 heterocycles. The zero-order chi connectivity index (χ0) is 55.4. The molecule has 4 rings (SSSR count). The summed E-state index contributed by atoms with van der Waals surface area (Å²) in [5.41, 5.74) is 0. The molecule has 12 N–H and O–H groups in total. The Morgan fingerprint density at radius 2 is 0.907 bits per heavy atom. The van der Waals surface area contributed by atoms with Crippen LogP contribution in [0.25, 0.3) is 0 Å². The number of nitrogens with zero attached hydrogens (tertiary/aromatic N) is 2. The summed E-state index contributed by atoms with van der Waals surface area (Å²) in [6, 6.07) is -1.16. The van der Waals surface area contributed by atoms with E-state index in [1.165, 1.54) is 25.7 Å². The number of aliphatic hydroxyl groups excluding tert-OH is 9. The molecule has 16 atom stereocenters. The first kappa shape index (κ1) is 63.6. The van der Waals surface area contributed by atoms with Gasteiger partial charge in [-0.05, 0) is 46.5 Å². The van der Waals surface area contributed by atoms with Crippen molar-refractivity contribution in [3.63, 3.8) is 0 Å². The number of rotatable bonds is 32. The molecule has 0 aromatic heterocycles. The zero-order valence-corrected chi connectivity index (χ0v) is 42.7. The molecule has 0 radical (unpaired) electrons. The summed E-state index contributed by atoms with van der Waals surface area (Å²) < 4.78 is 32.9. The maximum Gasteiger partial charge on any atom is 0.333 e. The van der Waals surface area contributed by atoms with E-state index in [9.17, 15) is 79.5 Å². The van der Waals surface area contributed by atoms with Crippen LogP contribution in [0.2, 0.25) is 0 Å². The van der Waals surface area contributed by atoms with E-state index in [1.54, 1.807) is 0 Å². The van der Waals surface area contributed by atoms with Gasteiger partial charge in [0.05, 0.1) is 57.3 Å². The van der Waals surface area contributed by atoms with Crippen LogP contribution in [-0.4, -0.2) is 248 Å². The number of unbranched alkanes of at least 4 members (excludes halogenated alkanes) is 5. The Morgan fingerprint density at radius 1 is 0.533 bits per heavy atom. The first-order valence-corrected chi connectivity index (χ1v) is 25.7. The smallest absolute Gasteiger partial charge is 0.333 e. The highest BCUT2D eigenvalue weighted by Gasteiger charge is 2.45. The number of carbonyl (C=O) groups is 7. The summed E-state index contributed by atoms with van der Waals surface area (Å²) in [7, 11) is 0. The van der Waals surface area contributed by atoms with Crippen molar-refractivity contribution in [1.29, 1.82) is 0 Å². The second-order valence-corrected chi connectivity index (χ2v) is 19.2. The van der Waals surface area contributed by atoms with Gasteiger partial charge >= 0.3 is 5.97 Å². The molecule has 4 aliphatic rings. The lowest BCUT2D eigenvalue weighted by atomic mass is 10.0. The van der Waals surface area contributed by atoms with E-state index in [-0.39, 0.29) is 77.3 Å². The Morgan fingerprint density at radius 3 is 1.32 bits per heavy atom. The van der Waals surface area contributed by atoms with Crippen LogP contribution in [0.3, 0.4) is 0 Å². The monoisotopic (exact) mass is 1080 g/mol. The first-order chi connectivity index (χ1) is 35.6. The van der Waals surface area contributed by atoms with Gasteiger partial charge in [-0.2, -0.15) is 0 Å². The standard InChI is InChI=1S/C47H79N5O23/c1-25-35(59)38(62)41(65)45(72-25)69-20-17-48-30(54)23-51(24-31(55)49-18-21-70-46-42(66)39(63)36(60)26(2)73-46)29(44(68)50-19-22-71-47-43(67)40(64)37(61)27(3)74-47)13-9-6-8-12-28(53)11-7-4-5-10-14-34(58)75-52-32(56)15-16-33(52)57/h25-27,29,35-43,45-47,59-67H,4-24H2,1-3H3,(H,48,54)(H,49,55)(H,50,68)/t25-,26-,27-,29-,35+,36+,37+,38+,39+,40+,41-,42-,43-,45+,46+,47+/m0/s1. The van der Waals surface area contributed by atoms with Crippen molar-refractivity contribution in [1.82, 2.24) is 25.9 Å². The first-order valence-electron chi connectivity index (χ1n) is 25.7. The fourth-order valence-corrected chi connectivity index (χ4v) is 8.60. The second kappa shape index (κ2) is 32.1. The Balaban J connectivity index is 1.35. The fraction of sp³-hybridized carbons (Fsp3) is 0.851. The molecular formula is C47H79N5O23. The number of aliphatic hydroxyl groups is 9. The predicted molar refractivity (Wildman–Crippen MR) is 252 cm³/mol. The van der Waals surface area contributed by atoms with E-state index < -0.39 is 147 Å². The van der Waals surface area contributed by atoms with Gasteiger partial charge in [-0.25, -0.2) is 4.79 Å². The van der Waals surface area contributed by atoms with Crippen molar-refractivity contribution in [3.05, 3.63) is 0 Å². The van der Waals surface area contributed by atoms with Gasteiger partial charge in [0, 0.05) is 51.7 Å². The van der Waals surface area contributed by atoms with Crippen LogP contribution in [0.5, 0.6) is 0 Å². The number of ether oxygens (including phenoxy) is 6. The Bertz CT molecular complexity index is 1770. The number of Topliss-reactive ketones (excluding diaryl/α,β-unsaturated/α-hetero) is 1. The molecule has 0 aliphatic carbocycles. The minimum Gasteiger partial charge on any atom is -0.388 e. The normalized spacial score (nSPS) is 31.5. The second-order valence-electron chi connectivity index (χ2n) is 19.2. The van der Waals surface area contributed by atoms with Gasteiger partial charge in [0.15, 0.2) is 18.9 Å². The van der Waals surface area contributed by atoms with E-state index in [4.69, 9.17) is 33.3 Å². The lowest BCUT2D eigenvalue weighted by Gasteiger charge is -2.39. The Hall–Kier alpha value is -3.95. The van der Waals surface area contributed by atoms with Crippen LogP contribution >= 0.6 is 0 Å². The average molecular weight is 1080 g/mol. The minimum atomic E-state index is -1.60. The number of hydroxylamine groups is 2. The number of hydrogen-bond acceptors (Lipinski definition) is 24. The van der Waals surface area contributed by atoms with E-state index in [2.05, 4.69) is 16.0 Å². The number of nitrogens with one attached hydrogen (secondary N) is 3. The molecule has 0 spiro atoms. The summed E-state index contributed by atoms with van der Waals surface area (Å²) in [6.45, 7) is 2.19. The molecule has 0 bridgehead atoms. The quantitative estimate of drug-likeness (QED) is 0.0222. The van der Waals surface area contributed by atoms with Gasteiger partial charge in [0.25, 0.3) is 11.8 Å². The summed E-state index contributed by atoms with van der Waals surface area (Å²) in [4.78, 5) is 95.4. The third-order valence-corrected chi connectivity index (χ3v) is 13.2. The maximum atomic E-state index is 14.1. The molecule has 28 heteroatoms. The Labute approximate surface area is 434 Å². The summed E-state index contributed by atoms with van der Waals surface area (Å²) in [5.74, 6) is -3.78. The summed E-state index contributed by atoms with van der Waals surface area (Å²) >= 11 is 0. The molecule has 0 saturated carbocycles. The highest BCUT2D eigenvalue weighted by Crippen LogP contribution is 2.24. The molecule has 0 unspecified atom stereocenters. The van der Waals surface area contributed by atoms with Crippen LogP contribution < -0.4 is 16.0 Å². The molecule has 4 saturated heterocycles. The number of imide groups is 1. The van der Waals surface area contributed by atoms with Crippen molar-refractivity contribution >= 4 is 41.3 Å². The Kier molecular flexibility index (Phi) is 27.2. The van der Waals surface area contributed by atoms with Gasteiger partial charge in [-0.1, -0.05) is 25.7 Å². The SMILES string of the molecule is C[C@@H]1O[C@@H](OCCNC(=O)CN(CC(=O)NCCO[C@@H]2O[C@@H](C)[C@@H](O)[C@@H](O)[C@@H]2O)[C@@H](CCCCCC(=O)CCCCCCC(=O)ON2C(=O)CCC2=O)C(=O)NCCO[C@@H]2O[C@@H](C)[C@@H](O)[C@@H](O)[C@@H]2O)[C@@H](O)[C@H](O)[C@@H]1O. The molecule has 4 aliphatic heterocycles. The lowest BCUT2D eigenvalue weighted by Crippen LogP contribution is -2.58. The number of ketones is 1. The van der Waals surface area contributed by atoms with E-state index in [1.807, 2.05) is 0 Å². The molecule has 28 nitrogen and oxygen atoms in total. The largest absolute Gasteiger partial charge is 0.388 e. The van der Waals surface area contributed by atoms with Crippen LogP contribution in [0.15, 0.2) is 0 Å². The fourth-order valence-electron chi connectivity index (χ4n) is 8.60. The predicted octanol–water partition coefficient (Wildman–Crippen LogP) is -4.99. The average Bonchev–Trinajstić information content (AvgIpc) is 3.69. The van der Waals surface area contributed by atoms with E-state index in [0.29, 0.717) is 56.4 Å². The van der Waals surface area contributed by atoms with Crippen molar-refractivity contribution in [2.24, 2.45) is 0 Å². The maximum absolute atomic E-state index is 14.1. The number of hydrogen-bond donors (Lipinski definition) is 12. The van der Waals surface area contributed by atoms with Gasteiger partial charge in [-0.3, -0.25) is 33.7 Å². The molecule has 4 fully saturated rings. The third-order valence-electron chi connectivity index (χ3n) is 13.2. The molecule has 5 amide bonds. The molecule has 430 valence electrons. The zero-order valence-electron chi connectivity index (χ0n) is 42.7. The van der Waals surface area contributed by atoms with E-state index >= 15 is 0 Å². The van der Waals surface area contributed by atoms with Crippen molar-refractivity contribution in [2.45, 2.75) is 202 Å².